The molecule has 0 unspecified atom stereocenters. The van der Waals surface area contributed by atoms with E-state index in [1.807, 2.05) is 0 Å². The summed E-state index contributed by atoms with van der Waals surface area (Å²) in [6.07, 6.45) is 0. The summed E-state index contributed by atoms with van der Waals surface area (Å²) < 4.78 is 64.5. The van der Waals surface area contributed by atoms with Gasteiger partial charge in [0, 0.05) is 16.4 Å². The predicted octanol–water partition coefficient (Wildman–Crippen LogP) is 0.178. The lowest BCUT2D eigenvalue weighted by Gasteiger charge is -1.98. The van der Waals surface area contributed by atoms with Crippen molar-refractivity contribution in [1.29, 1.82) is 0 Å². The second-order valence-corrected chi connectivity index (χ2v) is 10.3. The van der Waals surface area contributed by atoms with Crippen molar-refractivity contribution in [3.63, 3.8) is 0 Å². The number of nitrogens with two attached hydrogens (primary N) is 3. The molecule has 0 heterocycles. The largest absolute Gasteiger partial charge is 0.399 e. The molecule has 25 heavy (non-hydrogen) atoms. The molecule has 2 aromatic carbocycles. The maximum Gasteiger partial charge on any atom is 0.261 e. The Morgan fingerprint density at radius 2 is 0.880 bits per heavy atom. The van der Waals surface area contributed by atoms with Crippen molar-refractivity contribution >= 4 is 45.5 Å². The number of halogens is 1. The summed E-state index contributed by atoms with van der Waals surface area (Å²) in [7, 11) is -6.19. The molecule has 0 aliphatic carbocycles. The minimum absolute atomic E-state index is 0.0756. The Balaban J connectivity index is 0.000000257. The van der Waals surface area contributed by atoms with Crippen molar-refractivity contribution < 1.29 is 25.3 Å². The van der Waals surface area contributed by atoms with Gasteiger partial charge in [-0.15, -0.1) is 0 Å². The smallest absolute Gasteiger partial charge is 0.261 e. The Hall–Kier alpha value is -1.70. The number of nitrogen functional groups attached to an aromatic ring is 1. The quantitative estimate of drug-likeness (QED) is 0.461. The van der Waals surface area contributed by atoms with Gasteiger partial charge in [-0.05, 0) is 48.5 Å². The van der Waals surface area contributed by atoms with E-state index in [0.717, 1.165) is 24.3 Å². The molecule has 2 aromatic rings. The van der Waals surface area contributed by atoms with Gasteiger partial charge in [0.2, 0.25) is 20.0 Å². The van der Waals surface area contributed by atoms with Crippen molar-refractivity contribution in [1.82, 2.24) is 0 Å². The standard InChI is InChI=1S/C6H6ClNO4S2.C6H8N2O2S/c7-13(9,10)5-1-3-6(4-2-5)14(8,11)12;7-5-1-3-6(4-2-5)11(8,9)10/h1-4H,(H2,8,11,12);1-4H,7H2,(H2,8,9,10). The predicted molar refractivity (Wildman–Crippen MR) is 93.1 cm³/mol. The van der Waals surface area contributed by atoms with E-state index in [4.69, 9.17) is 26.7 Å². The molecule has 0 saturated carbocycles. The van der Waals surface area contributed by atoms with Gasteiger partial charge in [0.15, 0.2) is 0 Å². The van der Waals surface area contributed by atoms with Crippen molar-refractivity contribution in [3.05, 3.63) is 48.5 Å². The van der Waals surface area contributed by atoms with Crippen LogP contribution in [0.4, 0.5) is 5.69 Å². The second-order valence-electron chi connectivity index (χ2n) is 4.57. The highest BCUT2D eigenvalue weighted by Crippen LogP contribution is 2.16. The molecule has 13 heteroatoms. The van der Waals surface area contributed by atoms with Crippen molar-refractivity contribution in [2.75, 3.05) is 5.73 Å². The monoisotopic (exact) mass is 427 g/mol. The van der Waals surface area contributed by atoms with Crippen molar-refractivity contribution in [3.8, 4) is 0 Å². The van der Waals surface area contributed by atoms with Gasteiger partial charge >= 0.3 is 0 Å². The van der Waals surface area contributed by atoms with Gasteiger partial charge in [-0.1, -0.05) is 0 Å². The van der Waals surface area contributed by atoms with Gasteiger partial charge in [0.05, 0.1) is 14.7 Å². The molecule has 2 rings (SSSR count). The van der Waals surface area contributed by atoms with Gasteiger partial charge < -0.3 is 5.73 Å². The molecule has 0 amide bonds. The van der Waals surface area contributed by atoms with E-state index >= 15 is 0 Å². The van der Waals surface area contributed by atoms with E-state index < -0.39 is 29.1 Å². The molecule has 9 nitrogen and oxygen atoms in total. The lowest BCUT2D eigenvalue weighted by Crippen LogP contribution is -2.11. The fraction of sp³-hybridized carbons (Fsp3) is 0. The van der Waals surface area contributed by atoms with Gasteiger partial charge in [0.1, 0.15) is 0 Å². The third-order valence-electron chi connectivity index (χ3n) is 2.64. The SMILES string of the molecule is NS(=O)(=O)c1ccc(S(=O)(=O)Cl)cc1.Nc1ccc(S(N)(=O)=O)cc1. The Morgan fingerprint density at radius 1 is 0.600 bits per heavy atom. The molecule has 0 aliphatic rings. The topological polar surface area (TPSA) is 180 Å². The fourth-order valence-corrected chi connectivity index (χ4v) is 3.25. The molecule has 138 valence electrons. The van der Waals surface area contributed by atoms with Gasteiger partial charge in [-0.2, -0.15) is 0 Å². The number of hydrogen-bond acceptors (Lipinski definition) is 7. The van der Waals surface area contributed by atoms with Crippen LogP contribution in [0.3, 0.4) is 0 Å². The average molecular weight is 428 g/mol. The Bertz CT molecular complexity index is 997. The minimum atomic E-state index is -3.83. The maximum absolute atomic E-state index is 10.8. The minimum Gasteiger partial charge on any atom is -0.399 e. The first-order valence-electron chi connectivity index (χ1n) is 6.17. The molecule has 0 aliphatic heterocycles. The lowest BCUT2D eigenvalue weighted by molar-refractivity contribution is 0.595. The molecule has 0 aromatic heterocycles. The number of anilines is 1. The summed E-state index contributed by atoms with van der Waals surface area (Å²) >= 11 is 0. The summed E-state index contributed by atoms with van der Waals surface area (Å²) in [6.45, 7) is 0. The fourth-order valence-electron chi connectivity index (χ4n) is 1.45. The molecular weight excluding hydrogens is 414 g/mol. The first-order chi connectivity index (χ1) is 11.2. The van der Waals surface area contributed by atoms with Crippen LogP contribution in [0.1, 0.15) is 0 Å². The highest BCUT2D eigenvalue weighted by Gasteiger charge is 2.12. The van der Waals surface area contributed by atoms with E-state index in [-0.39, 0.29) is 14.7 Å². The highest BCUT2D eigenvalue weighted by molar-refractivity contribution is 8.13. The van der Waals surface area contributed by atoms with E-state index in [1.165, 1.54) is 24.3 Å². The molecule has 0 spiro atoms. The third-order valence-corrected chi connectivity index (χ3v) is 5.87. The molecule has 0 saturated heterocycles. The molecule has 0 fully saturated rings. The first-order valence-corrected chi connectivity index (χ1v) is 11.6. The van der Waals surface area contributed by atoms with Crippen LogP contribution in [0.2, 0.25) is 0 Å². The Labute approximate surface area is 149 Å². The zero-order chi connectivity index (χ0) is 19.5. The van der Waals surface area contributed by atoms with Crippen molar-refractivity contribution in [2.45, 2.75) is 14.7 Å². The van der Waals surface area contributed by atoms with Crippen LogP contribution >= 0.6 is 10.7 Å². The molecule has 6 N–H and O–H groups in total. The van der Waals surface area contributed by atoms with E-state index in [9.17, 15) is 25.3 Å². The number of benzene rings is 2. The van der Waals surface area contributed by atoms with Crippen molar-refractivity contribution in [2.24, 2.45) is 10.3 Å². The normalized spacial score (nSPS) is 12.1. The zero-order valence-electron chi connectivity index (χ0n) is 12.4. The number of primary sulfonamides is 2. The van der Waals surface area contributed by atoms with Gasteiger partial charge in [-0.3, -0.25) is 0 Å². The van der Waals surface area contributed by atoms with Crippen LogP contribution in [-0.2, 0) is 29.1 Å². The molecule has 0 radical (unpaired) electrons. The lowest BCUT2D eigenvalue weighted by atomic mass is 10.3. The first kappa shape index (κ1) is 21.3. The van der Waals surface area contributed by atoms with Crippen LogP contribution in [-0.4, -0.2) is 25.3 Å². The van der Waals surface area contributed by atoms with E-state index in [0.29, 0.717) is 5.69 Å². The van der Waals surface area contributed by atoms with Crippen LogP contribution in [0.15, 0.2) is 63.2 Å². The van der Waals surface area contributed by atoms with E-state index in [2.05, 4.69) is 0 Å². The van der Waals surface area contributed by atoms with Gasteiger partial charge in [0.25, 0.3) is 9.05 Å². The Kier molecular flexibility index (Phi) is 6.55. The zero-order valence-corrected chi connectivity index (χ0v) is 15.6. The number of hydrogen-bond donors (Lipinski definition) is 3. The van der Waals surface area contributed by atoms with Gasteiger partial charge in [-0.25, -0.2) is 35.5 Å². The highest BCUT2D eigenvalue weighted by atomic mass is 35.7. The second kappa shape index (κ2) is 7.68. The van der Waals surface area contributed by atoms with Crippen LogP contribution < -0.4 is 16.0 Å². The average Bonchev–Trinajstić information content (AvgIpc) is 2.46. The molecule has 0 atom stereocenters. The third kappa shape index (κ3) is 6.97. The molecule has 0 bridgehead atoms. The van der Waals surface area contributed by atoms with Crippen LogP contribution in [0.25, 0.3) is 0 Å². The maximum atomic E-state index is 10.8. The summed E-state index contributed by atoms with van der Waals surface area (Å²) in [4.78, 5) is -0.264. The number of rotatable bonds is 3. The van der Waals surface area contributed by atoms with Crippen LogP contribution in [0, 0.1) is 0 Å². The Morgan fingerprint density at radius 3 is 1.16 bits per heavy atom. The van der Waals surface area contributed by atoms with E-state index in [1.54, 1.807) is 0 Å². The summed E-state index contributed by atoms with van der Waals surface area (Å²) in [6, 6.07) is 9.99. The summed E-state index contributed by atoms with van der Waals surface area (Å²) in [5.41, 5.74) is 5.85. The summed E-state index contributed by atoms with van der Waals surface area (Å²) in [5, 5.41) is 9.64. The molecular formula is C12H14ClN3O6S3. The number of sulfonamides is 2. The van der Waals surface area contributed by atoms with Crippen LogP contribution in [0.5, 0.6) is 0 Å². The summed E-state index contributed by atoms with van der Waals surface area (Å²) in [5.74, 6) is 0.